The Kier molecular flexibility index (Phi) is 2.49. The maximum Gasteiger partial charge on any atom is 0.311 e. The fourth-order valence-electron chi connectivity index (χ4n) is 1.58. The van der Waals surface area contributed by atoms with E-state index in [0.29, 0.717) is 31.8 Å². The minimum atomic E-state index is -0.894. The molecular formula is C9H11NO4. The van der Waals surface area contributed by atoms with Crippen molar-refractivity contribution < 1.29 is 19.2 Å². The van der Waals surface area contributed by atoms with Crippen molar-refractivity contribution in [2.75, 3.05) is 13.2 Å². The highest BCUT2D eigenvalue weighted by Gasteiger charge is 2.19. The normalized spacial score (nSPS) is 16.0. The largest absolute Gasteiger partial charge is 0.481 e. The monoisotopic (exact) mass is 197 g/mol. The van der Waals surface area contributed by atoms with Crippen molar-refractivity contribution in [3.05, 3.63) is 17.0 Å². The number of nitrogens with zero attached hydrogens (tertiary/aromatic N) is 1. The van der Waals surface area contributed by atoms with Gasteiger partial charge in [-0.2, -0.15) is 0 Å². The molecule has 5 heteroatoms. The standard InChI is InChI=1S/C9H11NO4/c11-9(12)5-8-6-1-3-13-4-2-7(6)10-14-8/h1-5H2,(H,11,12). The van der Waals surface area contributed by atoms with Crippen molar-refractivity contribution in [2.24, 2.45) is 0 Å². The second-order valence-electron chi connectivity index (χ2n) is 3.21. The van der Waals surface area contributed by atoms with Gasteiger partial charge >= 0.3 is 5.97 Å². The van der Waals surface area contributed by atoms with E-state index in [2.05, 4.69) is 5.16 Å². The Bertz CT molecular complexity index is 345. The minimum absolute atomic E-state index is 0.0949. The van der Waals surface area contributed by atoms with Gasteiger partial charge in [0.15, 0.2) is 5.76 Å². The average Bonchev–Trinajstić information content (AvgIpc) is 2.37. The number of ether oxygens (including phenoxy) is 1. The van der Waals surface area contributed by atoms with E-state index in [9.17, 15) is 4.79 Å². The minimum Gasteiger partial charge on any atom is -0.481 e. The topological polar surface area (TPSA) is 72.6 Å². The van der Waals surface area contributed by atoms with Gasteiger partial charge in [-0.25, -0.2) is 0 Å². The zero-order chi connectivity index (χ0) is 9.97. The number of aliphatic carboxylic acids is 1. The van der Waals surface area contributed by atoms with E-state index in [1.54, 1.807) is 0 Å². The molecule has 76 valence electrons. The van der Waals surface area contributed by atoms with Crippen LogP contribution < -0.4 is 0 Å². The van der Waals surface area contributed by atoms with E-state index >= 15 is 0 Å². The second-order valence-corrected chi connectivity index (χ2v) is 3.21. The second kappa shape index (κ2) is 3.79. The molecule has 0 aliphatic carbocycles. The molecule has 5 nitrogen and oxygen atoms in total. The van der Waals surface area contributed by atoms with Crippen LogP contribution in [0.2, 0.25) is 0 Å². The molecule has 0 unspecified atom stereocenters. The smallest absolute Gasteiger partial charge is 0.311 e. The first-order valence-corrected chi connectivity index (χ1v) is 4.53. The maximum atomic E-state index is 10.5. The van der Waals surface area contributed by atoms with Crippen molar-refractivity contribution in [3.63, 3.8) is 0 Å². The summed E-state index contributed by atoms with van der Waals surface area (Å²) < 4.78 is 10.3. The number of carboxylic acids is 1. The van der Waals surface area contributed by atoms with E-state index in [-0.39, 0.29) is 6.42 Å². The molecule has 2 heterocycles. The number of rotatable bonds is 2. The number of hydrogen-bond acceptors (Lipinski definition) is 4. The van der Waals surface area contributed by atoms with E-state index in [4.69, 9.17) is 14.4 Å². The highest BCUT2D eigenvalue weighted by molar-refractivity contribution is 5.69. The lowest BCUT2D eigenvalue weighted by atomic mass is 10.1. The maximum absolute atomic E-state index is 10.5. The average molecular weight is 197 g/mol. The molecule has 0 amide bonds. The zero-order valence-corrected chi connectivity index (χ0v) is 7.65. The van der Waals surface area contributed by atoms with Crippen LogP contribution in [0.1, 0.15) is 17.0 Å². The van der Waals surface area contributed by atoms with Crippen LogP contribution in [-0.2, 0) is 28.8 Å². The third-order valence-corrected chi connectivity index (χ3v) is 2.24. The summed E-state index contributed by atoms with van der Waals surface area (Å²) in [6, 6.07) is 0. The molecule has 0 saturated heterocycles. The molecule has 1 N–H and O–H groups in total. The molecule has 0 saturated carbocycles. The van der Waals surface area contributed by atoms with Gasteiger partial charge in [0, 0.05) is 18.4 Å². The summed E-state index contributed by atoms with van der Waals surface area (Å²) in [4.78, 5) is 10.5. The summed E-state index contributed by atoms with van der Waals surface area (Å²) in [7, 11) is 0. The van der Waals surface area contributed by atoms with Crippen LogP contribution in [0, 0.1) is 0 Å². The number of hydrogen-bond donors (Lipinski definition) is 1. The third-order valence-electron chi connectivity index (χ3n) is 2.24. The van der Waals surface area contributed by atoms with Crippen LogP contribution >= 0.6 is 0 Å². The predicted molar refractivity (Wildman–Crippen MR) is 46.1 cm³/mol. The van der Waals surface area contributed by atoms with Gasteiger partial charge in [-0.15, -0.1) is 0 Å². The Labute approximate surface area is 80.6 Å². The van der Waals surface area contributed by atoms with Crippen molar-refractivity contribution >= 4 is 5.97 Å². The molecule has 1 aliphatic heterocycles. The van der Waals surface area contributed by atoms with Gasteiger partial charge in [-0.3, -0.25) is 4.79 Å². The van der Waals surface area contributed by atoms with Gasteiger partial charge in [-0.05, 0) is 0 Å². The van der Waals surface area contributed by atoms with Crippen LogP contribution in [0.4, 0.5) is 0 Å². The molecule has 1 aromatic heterocycles. The first kappa shape index (κ1) is 9.21. The fourth-order valence-corrected chi connectivity index (χ4v) is 1.58. The number of carboxylic acid groups (broad SMARTS) is 1. The van der Waals surface area contributed by atoms with Gasteiger partial charge in [0.05, 0.1) is 18.9 Å². The molecule has 0 fully saturated rings. The van der Waals surface area contributed by atoms with Gasteiger partial charge in [-0.1, -0.05) is 5.16 Å². The van der Waals surface area contributed by atoms with Crippen molar-refractivity contribution in [3.8, 4) is 0 Å². The summed E-state index contributed by atoms with van der Waals surface area (Å²) in [5.74, 6) is -0.424. The molecule has 0 bridgehead atoms. The molecule has 0 aromatic carbocycles. The van der Waals surface area contributed by atoms with E-state index < -0.39 is 5.97 Å². The molecule has 1 aliphatic rings. The summed E-state index contributed by atoms with van der Waals surface area (Å²) in [5, 5.41) is 12.5. The van der Waals surface area contributed by atoms with Gasteiger partial charge in [0.1, 0.15) is 6.42 Å². The molecule has 14 heavy (non-hydrogen) atoms. The molecule has 2 rings (SSSR count). The Morgan fingerprint density at radius 2 is 2.21 bits per heavy atom. The summed E-state index contributed by atoms with van der Waals surface area (Å²) in [5.41, 5.74) is 1.77. The first-order valence-electron chi connectivity index (χ1n) is 4.53. The van der Waals surface area contributed by atoms with Crippen LogP contribution in [0.5, 0.6) is 0 Å². The highest BCUT2D eigenvalue weighted by atomic mass is 16.5. The van der Waals surface area contributed by atoms with Crippen molar-refractivity contribution in [1.82, 2.24) is 5.16 Å². The van der Waals surface area contributed by atoms with Crippen LogP contribution in [0.25, 0.3) is 0 Å². The van der Waals surface area contributed by atoms with Gasteiger partial charge in [0.25, 0.3) is 0 Å². The molecular weight excluding hydrogens is 186 g/mol. The Morgan fingerprint density at radius 1 is 1.43 bits per heavy atom. The Hall–Kier alpha value is -1.36. The quantitative estimate of drug-likeness (QED) is 0.743. The molecule has 0 radical (unpaired) electrons. The third kappa shape index (κ3) is 1.77. The van der Waals surface area contributed by atoms with Gasteiger partial charge < -0.3 is 14.4 Å². The predicted octanol–water partition coefficient (Wildman–Crippen LogP) is 0.417. The zero-order valence-electron chi connectivity index (χ0n) is 7.65. The summed E-state index contributed by atoms with van der Waals surface area (Å²) >= 11 is 0. The number of fused-ring (bicyclic) bond motifs is 1. The summed E-state index contributed by atoms with van der Waals surface area (Å²) in [6.07, 6.45) is 1.31. The number of aromatic nitrogens is 1. The summed E-state index contributed by atoms with van der Waals surface area (Å²) in [6.45, 7) is 1.24. The molecule has 0 spiro atoms. The van der Waals surface area contributed by atoms with Crippen LogP contribution in [-0.4, -0.2) is 29.4 Å². The molecule has 0 atom stereocenters. The van der Waals surface area contributed by atoms with E-state index in [1.807, 2.05) is 0 Å². The lowest BCUT2D eigenvalue weighted by molar-refractivity contribution is -0.136. The van der Waals surface area contributed by atoms with Crippen LogP contribution in [0.3, 0.4) is 0 Å². The van der Waals surface area contributed by atoms with Gasteiger partial charge in [0.2, 0.25) is 0 Å². The lowest BCUT2D eigenvalue weighted by Gasteiger charge is -1.96. The first-order chi connectivity index (χ1) is 6.77. The Balaban J connectivity index is 2.24. The Morgan fingerprint density at radius 3 is 3.00 bits per heavy atom. The van der Waals surface area contributed by atoms with E-state index in [1.165, 1.54) is 0 Å². The molecule has 1 aromatic rings. The van der Waals surface area contributed by atoms with E-state index in [0.717, 1.165) is 11.3 Å². The van der Waals surface area contributed by atoms with Crippen molar-refractivity contribution in [1.29, 1.82) is 0 Å². The SMILES string of the molecule is O=C(O)Cc1onc2c1CCOCC2. The van der Waals surface area contributed by atoms with Crippen LogP contribution in [0.15, 0.2) is 4.52 Å². The fraction of sp³-hybridized carbons (Fsp3) is 0.556. The lowest BCUT2D eigenvalue weighted by Crippen LogP contribution is -2.03. The van der Waals surface area contributed by atoms with Crippen molar-refractivity contribution in [2.45, 2.75) is 19.3 Å². The highest BCUT2D eigenvalue weighted by Crippen LogP contribution is 2.18. The number of carbonyl (C=O) groups is 1.